The van der Waals surface area contributed by atoms with Crippen molar-refractivity contribution < 1.29 is 0 Å². The molecule has 1 rings (SSSR count). The number of hydrogen-bond donors (Lipinski definition) is 1. The Labute approximate surface area is 103 Å². The highest BCUT2D eigenvalue weighted by atomic mass is 32.1. The summed E-state index contributed by atoms with van der Waals surface area (Å²) in [7, 11) is 0. The van der Waals surface area contributed by atoms with Gasteiger partial charge >= 0.3 is 0 Å². The van der Waals surface area contributed by atoms with Gasteiger partial charge < -0.3 is 5.73 Å². The van der Waals surface area contributed by atoms with E-state index in [-0.39, 0.29) is 0 Å². The van der Waals surface area contributed by atoms with Crippen molar-refractivity contribution in [2.75, 3.05) is 6.54 Å². The molecule has 3 heteroatoms. The lowest BCUT2D eigenvalue weighted by Crippen LogP contribution is -2.01. The highest BCUT2D eigenvalue weighted by Gasteiger charge is 2.14. The lowest BCUT2D eigenvalue weighted by Gasteiger charge is -2.06. The lowest BCUT2D eigenvalue weighted by atomic mass is 10.0. The first-order valence-electron chi connectivity index (χ1n) is 6.23. The second-order valence-corrected chi connectivity index (χ2v) is 6.18. The average molecular weight is 240 g/mol. The largest absolute Gasteiger partial charge is 0.330 e. The zero-order chi connectivity index (χ0) is 12.1. The van der Waals surface area contributed by atoms with Gasteiger partial charge in [-0.15, -0.1) is 11.3 Å². The minimum absolute atomic E-state index is 0.595. The van der Waals surface area contributed by atoms with Crippen LogP contribution in [-0.2, 0) is 12.8 Å². The van der Waals surface area contributed by atoms with Crippen LogP contribution in [0.25, 0.3) is 0 Å². The number of rotatable bonds is 6. The minimum atomic E-state index is 0.595. The smallest absolute Gasteiger partial charge is 0.0931 e. The van der Waals surface area contributed by atoms with Crippen LogP contribution in [0, 0.1) is 5.92 Å². The van der Waals surface area contributed by atoms with Crippen LogP contribution in [0.5, 0.6) is 0 Å². The Bertz CT molecular complexity index is 316. The number of aromatic nitrogens is 1. The second-order valence-electron chi connectivity index (χ2n) is 5.06. The molecule has 0 aliphatic heterocycles. The number of nitrogens with zero attached hydrogens (tertiary/aromatic N) is 1. The summed E-state index contributed by atoms with van der Waals surface area (Å²) >= 11 is 1.88. The predicted octanol–water partition coefficient (Wildman–Crippen LogP) is 3.36. The van der Waals surface area contributed by atoms with Crippen LogP contribution in [0.1, 0.15) is 55.6 Å². The Hall–Kier alpha value is -0.410. The van der Waals surface area contributed by atoms with Crippen molar-refractivity contribution in [3.05, 3.63) is 15.6 Å². The van der Waals surface area contributed by atoms with Crippen molar-refractivity contribution in [1.82, 2.24) is 4.98 Å². The van der Waals surface area contributed by atoms with Crippen LogP contribution >= 0.6 is 11.3 Å². The van der Waals surface area contributed by atoms with Gasteiger partial charge in [0.15, 0.2) is 0 Å². The lowest BCUT2D eigenvalue weighted by molar-refractivity contribution is 0.628. The van der Waals surface area contributed by atoms with Gasteiger partial charge in [-0.1, -0.05) is 27.7 Å². The van der Waals surface area contributed by atoms with Crippen LogP contribution < -0.4 is 5.73 Å². The predicted molar refractivity (Wildman–Crippen MR) is 72.1 cm³/mol. The fourth-order valence-corrected chi connectivity index (χ4v) is 2.90. The SMILES string of the molecule is CC(C)Cc1nc(CCCN)sc1C(C)C. The molecular formula is C13H24N2S. The van der Waals surface area contributed by atoms with E-state index in [1.165, 1.54) is 15.6 Å². The van der Waals surface area contributed by atoms with E-state index in [2.05, 4.69) is 27.7 Å². The first kappa shape index (κ1) is 13.7. The van der Waals surface area contributed by atoms with Crippen LogP contribution in [0.3, 0.4) is 0 Å². The molecule has 2 N–H and O–H groups in total. The zero-order valence-electron chi connectivity index (χ0n) is 10.9. The molecule has 1 aromatic heterocycles. The van der Waals surface area contributed by atoms with Crippen molar-refractivity contribution in [2.24, 2.45) is 11.7 Å². The van der Waals surface area contributed by atoms with Crippen LogP contribution in [0.4, 0.5) is 0 Å². The fourth-order valence-electron chi connectivity index (χ4n) is 1.76. The molecule has 0 radical (unpaired) electrons. The number of nitrogens with two attached hydrogens (primary N) is 1. The molecule has 0 saturated heterocycles. The van der Waals surface area contributed by atoms with Gasteiger partial charge in [0.25, 0.3) is 0 Å². The quantitative estimate of drug-likeness (QED) is 0.828. The summed E-state index contributed by atoms with van der Waals surface area (Å²) < 4.78 is 0. The van der Waals surface area contributed by atoms with Crippen molar-refractivity contribution in [3.8, 4) is 0 Å². The molecule has 1 aromatic rings. The molecule has 0 atom stereocenters. The van der Waals surface area contributed by atoms with Gasteiger partial charge in [-0.2, -0.15) is 0 Å². The summed E-state index contributed by atoms with van der Waals surface area (Å²) in [5.41, 5.74) is 6.86. The Morgan fingerprint density at radius 2 is 1.94 bits per heavy atom. The molecule has 92 valence electrons. The van der Waals surface area contributed by atoms with Crippen molar-refractivity contribution in [2.45, 2.75) is 52.9 Å². The average Bonchev–Trinajstić information content (AvgIpc) is 2.57. The molecule has 0 aliphatic carbocycles. The van der Waals surface area contributed by atoms with E-state index >= 15 is 0 Å². The number of hydrogen-bond acceptors (Lipinski definition) is 3. The zero-order valence-corrected chi connectivity index (χ0v) is 11.7. The third-order valence-corrected chi connectivity index (χ3v) is 3.95. The molecule has 2 nitrogen and oxygen atoms in total. The van der Waals surface area contributed by atoms with Gasteiger partial charge in [-0.3, -0.25) is 0 Å². The van der Waals surface area contributed by atoms with Gasteiger partial charge in [0.05, 0.1) is 10.7 Å². The van der Waals surface area contributed by atoms with Gasteiger partial charge in [-0.05, 0) is 31.2 Å². The van der Waals surface area contributed by atoms with Crippen LogP contribution in [0.2, 0.25) is 0 Å². The maximum Gasteiger partial charge on any atom is 0.0931 e. The maximum atomic E-state index is 5.54. The molecule has 1 heterocycles. The molecule has 0 saturated carbocycles. The topological polar surface area (TPSA) is 38.9 Å². The van der Waals surface area contributed by atoms with E-state index in [0.717, 1.165) is 25.8 Å². The normalized spacial score (nSPS) is 11.7. The molecule has 0 aliphatic rings. The molecule has 0 spiro atoms. The first-order chi connectivity index (χ1) is 7.54. The molecule has 0 unspecified atom stereocenters. The molecular weight excluding hydrogens is 216 g/mol. The molecule has 16 heavy (non-hydrogen) atoms. The summed E-state index contributed by atoms with van der Waals surface area (Å²) in [6.45, 7) is 9.77. The number of aryl methyl sites for hydroxylation is 1. The van der Waals surface area contributed by atoms with E-state index < -0.39 is 0 Å². The standard InChI is InChI=1S/C13H24N2S/c1-9(2)8-11-13(10(3)4)16-12(15-11)6-5-7-14/h9-10H,5-8,14H2,1-4H3. The Morgan fingerprint density at radius 1 is 1.25 bits per heavy atom. The third kappa shape index (κ3) is 3.87. The van der Waals surface area contributed by atoms with E-state index in [1.54, 1.807) is 0 Å². The van der Waals surface area contributed by atoms with Crippen molar-refractivity contribution in [3.63, 3.8) is 0 Å². The highest BCUT2D eigenvalue weighted by molar-refractivity contribution is 7.11. The first-order valence-corrected chi connectivity index (χ1v) is 7.04. The minimum Gasteiger partial charge on any atom is -0.330 e. The Morgan fingerprint density at radius 3 is 2.44 bits per heavy atom. The highest BCUT2D eigenvalue weighted by Crippen LogP contribution is 2.28. The monoisotopic (exact) mass is 240 g/mol. The second kappa shape index (κ2) is 6.36. The molecule has 0 amide bonds. The molecule has 0 aromatic carbocycles. The Kier molecular flexibility index (Phi) is 5.42. The fraction of sp³-hybridized carbons (Fsp3) is 0.769. The summed E-state index contributed by atoms with van der Waals surface area (Å²) in [5, 5.41) is 1.27. The van der Waals surface area contributed by atoms with Gasteiger partial charge in [0, 0.05) is 11.3 Å². The van der Waals surface area contributed by atoms with Crippen LogP contribution in [0.15, 0.2) is 0 Å². The Balaban J connectivity index is 2.82. The van der Waals surface area contributed by atoms with Crippen LogP contribution in [-0.4, -0.2) is 11.5 Å². The summed E-state index contributed by atoms with van der Waals surface area (Å²) in [6.07, 6.45) is 3.19. The maximum absolute atomic E-state index is 5.54. The van der Waals surface area contributed by atoms with Gasteiger partial charge in [0.2, 0.25) is 0 Å². The van der Waals surface area contributed by atoms with Gasteiger partial charge in [-0.25, -0.2) is 4.98 Å². The van der Waals surface area contributed by atoms with E-state index in [4.69, 9.17) is 10.7 Å². The summed E-state index contributed by atoms with van der Waals surface area (Å²) in [5.74, 6) is 1.28. The molecule has 0 fully saturated rings. The summed E-state index contributed by atoms with van der Waals surface area (Å²) in [4.78, 5) is 6.24. The third-order valence-electron chi connectivity index (χ3n) is 2.49. The molecule has 0 bridgehead atoms. The number of thiazole rings is 1. The van der Waals surface area contributed by atoms with E-state index in [1.807, 2.05) is 11.3 Å². The van der Waals surface area contributed by atoms with E-state index in [9.17, 15) is 0 Å². The van der Waals surface area contributed by atoms with E-state index in [0.29, 0.717) is 11.8 Å². The summed E-state index contributed by atoms with van der Waals surface area (Å²) in [6, 6.07) is 0. The van der Waals surface area contributed by atoms with Gasteiger partial charge in [0.1, 0.15) is 0 Å². The van der Waals surface area contributed by atoms with Crippen molar-refractivity contribution >= 4 is 11.3 Å². The van der Waals surface area contributed by atoms with Crippen molar-refractivity contribution in [1.29, 1.82) is 0 Å².